The molecule has 1 aromatic heterocycles. The average Bonchev–Trinajstić information content (AvgIpc) is 2.34. The second-order valence-corrected chi connectivity index (χ2v) is 3.86. The van der Waals surface area contributed by atoms with Crippen molar-refractivity contribution in [1.82, 2.24) is 9.97 Å². The Morgan fingerprint density at radius 3 is 3.06 bits per heavy atom. The number of anilines is 1. The Bertz CT molecular complexity index is 409. The highest BCUT2D eigenvalue weighted by Gasteiger charge is 2.02. The minimum Gasteiger partial charge on any atom is -0.369 e. The van der Waals surface area contributed by atoms with Crippen LogP contribution in [-0.2, 0) is 0 Å². The van der Waals surface area contributed by atoms with Gasteiger partial charge in [-0.25, -0.2) is 4.98 Å². The molecule has 0 aliphatic carbocycles. The molecule has 5 heteroatoms. The molecular formula is C12H17ClN4. The van der Waals surface area contributed by atoms with Gasteiger partial charge in [-0.1, -0.05) is 18.8 Å². The summed E-state index contributed by atoms with van der Waals surface area (Å²) in [5.74, 6) is 6.78. The van der Waals surface area contributed by atoms with E-state index in [-0.39, 0.29) is 5.28 Å². The van der Waals surface area contributed by atoms with Crippen LogP contribution in [0.3, 0.4) is 0 Å². The topological polar surface area (TPSA) is 63.8 Å². The van der Waals surface area contributed by atoms with E-state index in [9.17, 15) is 0 Å². The molecule has 0 unspecified atom stereocenters. The fourth-order valence-electron chi connectivity index (χ4n) is 1.18. The van der Waals surface area contributed by atoms with Crippen LogP contribution in [0.4, 0.5) is 5.82 Å². The van der Waals surface area contributed by atoms with E-state index >= 15 is 0 Å². The minimum atomic E-state index is 0.233. The van der Waals surface area contributed by atoms with Crippen molar-refractivity contribution < 1.29 is 0 Å². The third-order valence-corrected chi connectivity index (χ3v) is 2.21. The van der Waals surface area contributed by atoms with Crippen molar-refractivity contribution in [3.05, 3.63) is 17.0 Å². The number of halogens is 1. The summed E-state index contributed by atoms with van der Waals surface area (Å²) in [6, 6.07) is 0. The van der Waals surface area contributed by atoms with Gasteiger partial charge in [0.1, 0.15) is 5.82 Å². The zero-order valence-corrected chi connectivity index (χ0v) is 10.7. The number of nitrogens with two attached hydrogens (primary N) is 1. The summed E-state index contributed by atoms with van der Waals surface area (Å²) >= 11 is 5.75. The monoisotopic (exact) mass is 252 g/mol. The van der Waals surface area contributed by atoms with Crippen LogP contribution in [0.2, 0.25) is 5.28 Å². The van der Waals surface area contributed by atoms with E-state index in [0.29, 0.717) is 12.4 Å². The van der Waals surface area contributed by atoms with E-state index in [4.69, 9.17) is 17.3 Å². The van der Waals surface area contributed by atoms with Gasteiger partial charge in [0, 0.05) is 19.2 Å². The second-order valence-electron chi connectivity index (χ2n) is 3.52. The standard InChI is InChI=1S/C12H17ClN4/c1-2-8-15-11-10(6-4-3-5-7-14)9-16-12(13)17-11/h9H,2-3,5,7-8,14H2,1H3,(H,15,16,17). The first kappa shape index (κ1) is 13.8. The highest BCUT2D eigenvalue weighted by molar-refractivity contribution is 6.28. The minimum absolute atomic E-state index is 0.233. The summed E-state index contributed by atoms with van der Waals surface area (Å²) in [7, 11) is 0. The van der Waals surface area contributed by atoms with Crippen LogP contribution in [-0.4, -0.2) is 23.1 Å². The van der Waals surface area contributed by atoms with E-state index in [1.54, 1.807) is 6.20 Å². The fourth-order valence-corrected chi connectivity index (χ4v) is 1.31. The first-order chi connectivity index (χ1) is 8.27. The molecule has 0 aliphatic heterocycles. The van der Waals surface area contributed by atoms with Crippen molar-refractivity contribution in [1.29, 1.82) is 0 Å². The molecule has 3 N–H and O–H groups in total. The number of aromatic nitrogens is 2. The molecule has 0 fully saturated rings. The van der Waals surface area contributed by atoms with Gasteiger partial charge in [0.15, 0.2) is 0 Å². The number of nitrogens with one attached hydrogen (secondary N) is 1. The van der Waals surface area contributed by atoms with Crippen LogP contribution in [0.5, 0.6) is 0 Å². The van der Waals surface area contributed by atoms with Crippen molar-refractivity contribution in [2.75, 3.05) is 18.4 Å². The van der Waals surface area contributed by atoms with Gasteiger partial charge in [0.05, 0.1) is 5.56 Å². The maximum Gasteiger partial charge on any atom is 0.224 e. The second kappa shape index (κ2) is 7.88. The third-order valence-electron chi connectivity index (χ3n) is 2.03. The van der Waals surface area contributed by atoms with Gasteiger partial charge in [-0.2, -0.15) is 4.98 Å². The summed E-state index contributed by atoms with van der Waals surface area (Å²) in [4.78, 5) is 8.06. The van der Waals surface area contributed by atoms with Crippen LogP contribution in [0.1, 0.15) is 31.7 Å². The van der Waals surface area contributed by atoms with Gasteiger partial charge >= 0.3 is 0 Å². The third kappa shape index (κ3) is 5.03. The number of nitrogens with zero attached hydrogens (tertiary/aromatic N) is 2. The lowest BCUT2D eigenvalue weighted by molar-refractivity contribution is 0.870. The Morgan fingerprint density at radius 1 is 1.53 bits per heavy atom. The van der Waals surface area contributed by atoms with E-state index < -0.39 is 0 Å². The summed E-state index contributed by atoms with van der Waals surface area (Å²) in [6.07, 6.45) is 4.34. The molecule has 0 aromatic carbocycles. The maximum atomic E-state index is 5.75. The number of rotatable bonds is 5. The Hall–Kier alpha value is -1.31. The largest absolute Gasteiger partial charge is 0.369 e. The lowest BCUT2D eigenvalue weighted by Crippen LogP contribution is -2.05. The molecule has 0 saturated heterocycles. The molecule has 0 spiro atoms. The van der Waals surface area contributed by atoms with E-state index in [2.05, 4.69) is 34.0 Å². The Morgan fingerprint density at radius 2 is 2.35 bits per heavy atom. The van der Waals surface area contributed by atoms with Gasteiger partial charge < -0.3 is 11.1 Å². The number of unbranched alkanes of at least 4 members (excludes halogenated alkanes) is 1. The van der Waals surface area contributed by atoms with Crippen LogP contribution >= 0.6 is 11.6 Å². The van der Waals surface area contributed by atoms with Crippen LogP contribution in [0.15, 0.2) is 6.20 Å². The molecule has 0 aliphatic rings. The van der Waals surface area contributed by atoms with Crippen LogP contribution in [0.25, 0.3) is 0 Å². The molecule has 1 rings (SSSR count). The lowest BCUT2D eigenvalue weighted by atomic mass is 10.2. The summed E-state index contributed by atoms with van der Waals surface area (Å²) in [6.45, 7) is 3.58. The lowest BCUT2D eigenvalue weighted by Gasteiger charge is -2.05. The molecular weight excluding hydrogens is 236 g/mol. The molecule has 0 bridgehead atoms. The highest BCUT2D eigenvalue weighted by atomic mass is 35.5. The molecule has 0 atom stereocenters. The molecule has 4 nitrogen and oxygen atoms in total. The predicted octanol–water partition coefficient (Wildman–Crippen LogP) is 2.04. The normalized spacial score (nSPS) is 9.59. The van der Waals surface area contributed by atoms with Crippen LogP contribution < -0.4 is 11.1 Å². The van der Waals surface area contributed by atoms with Crippen molar-refractivity contribution in [2.45, 2.75) is 26.2 Å². The Balaban J connectivity index is 2.77. The first-order valence-electron chi connectivity index (χ1n) is 5.73. The van der Waals surface area contributed by atoms with E-state index in [0.717, 1.165) is 31.4 Å². The molecule has 17 heavy (non-hydrogen) atoms. The SMILES string of the molecule is CCCNc1nc(Cl)ncc1C#CCCCN. The van der Waals surface area contributed by atoms with Gasteiger partial charge in [-0.15, -0.1) is 0 Å². The quantitative estimate of drug-likeness (QED) is 0.478. The number of hydrogen-bond donors (Lipinski definition) is 2. The molecule has 1 aromatic rings. The molecule has 0 saturated carbocycles. The molecule has 0 amide bonds. The summed E-state index contributed by atoms with van der Waals surface area (Å²) < 4.78 is 0. The Labute approximate surface area is 107 Å². The molecule has 1 heterocycles. The van der Waals surface area contributed by atoms with Crippen molar-refractivity contribution >= 4 is 17.4 Å². The van der Waals surface area contributed by atoms with Crippen molar-refractivity contribution in [2.24, 2.45) is 5.73 Å². The predicted molar refractivity (Wildman–Crippen MR) is 71.0 cm³/mol. The summed E-state index contributed by atoms with van der Waals surface area (Å²) in [5.41, 5.74) is 6.18. The fraction of sp³-hybridized carbons (Fsp3) is 0.500. The highest BCUT2D eigenvalue weighted by Crippen LogP contribution is 2.12. The van der Waals surface area contributed by atoms with Gasteiger partial charge in [-0.05, 0) is 31.0 Å². The molecule has 92 valence electrons. The van der Waals surface area contributed by atoms with Gasteiger partial charge in [-0.3, -0.25) is 0 Å². The molecule has 0 radical (unpaired) electrons. The number of hydrogen-bond acceptors (Lipinski definition) is 4. The zero-order chi connectivity index (χ0) is 12.5. The van der Waals surface area contributed by atoms with E-state index in [1.165, 1.54) is 0 Å². The van der Waals surface area contributed by atoms with Crippen LogP contribution in [0, 0.1) is 11.8 Å². The van der Waals surface area contributed by atoms with E-state index in [1.807, 2.05) is 0 Å². The van der Waals surface area contributed by atoms with Crippen molar-refractivity contribution in [3.8, 4) is 11.8 Å². The average molecular weight is 253 g/mol. The first-order valence-corrected chi connectivity index (χ1v) is 6.11. The summed E-state index contributed by atoms with van der Waals surface area (Å²) in [5, 5.41) is 3.41. The van der Waals surface area contributed by atoms with Crippen molar-refractivity contribution in [3.63, 3.8) is 0 Å². The van der Waals surface area contributed by atoms with Gasteiger partial charge in [0.2, 0.25) is 5.28 Å². The van der Waals surface area contributed by atoms with Gasteiger partial charge in [0.25, 0.3) is 0 Å². The maximum absolute atomic E-state index is 5.75. The Kier molecular flexibility index (Phi) is 6.38. The smallest absolute Gasteiger partial charge is 0.224 e. The zero-order valence-electron chi connectivity index (χ0n) is 9.96.